The Morgan fingerprint density at radius 3 is 2.48 bits per heavy atom. The van der Waals surface area contributed by atoms with E-state index in [1.165, 1.54) is 18.2 Å². The number of rotatable bonds is 8. The molecule has 0 aliphatic heterocycles. The van der Waals surface area contributed by atoms with E-state index < -0.39 is 20.4 Å². The fourth-order valence-electron chi connectivity index (χ4n) is 2.07. The SMILES string of the molecule is CCCCN(CCO)c1cccc(S(C)(=O)=O)c1[N+](=O)[O-]. The smallest absolute Gasteiger partial charge is 0.311 e. The third-order valence-corrected chi connectivity index (χ3v) is 4.18. The van der Waals surface area contributed by atoms with Gasteiger partial charge in [-0.15, -0.1) is 0 Å². The molecule has 0 radical (unpaired) electrons. The average molecular weight is 316 g/mol. The number of hydrogen-bond acceptors (Lipinski definition) is 6. The van der Waals surface area contributed by atoms with Crippen molar-refractivity contribution in [1.29, 1.82) is 0 Å². The monoisotopic (exact) mass is 316 g/mol. The van der Waals surface area contributed by atoms with Crippen LogP contribution in [0.1, 0.15) is 19.8 Å². The number of nitrogens with zero attached hydrogens (tertiary/aromatic N) is 2. The van der Waals surface area contributed by atoms with E-state index >= 15 is 0 Å². The van der Waals surface area contributed by atoms with Gasteiger partial charge in [-0.25, -0.2) is 8.42 Å². The van der Waals surface area contributed by atoms with Crippen LogP contribution in [0.15, 0.2) is 23.1 Å². The summed E-state index contributed by atoms with van der Waals surface area (Å²) in [5.74, 6) is 0. The van der Waals surface area contributed by atoms with Gasteiger partial charge in [-0.05, 0) is 18.6 Å². The summed E-state index contributed by atoms with van der Waals surface area (Å²) in [6, 6.07) is 4.22. The maximum Gasteiger partial charge on any atom is 0.311 e. The number of sulfone groups is 1. The van der Waals surface area contributed by atoms with E-state index in [1.807, 2.05) is 6.92 Å². The Hall–Kier alpha value is -1.67. The Balaban J connectivity index is 3.42. The third kappa shape index (κ3) is 4.40. The highest BCUT2D eigenvalue weighted by molar-refractivity contribution is 7.90. The molecule has 0 amide bonds. The Bertz CT molecular complexity index is 601. The molecular formula is C13H20N2O5S. The molecule has 0 bridgehead atoms. The molecule has 0 unspecified atom stereocenters. The van der Waals surface area contributed by atoms with Crippen LogP contribution in [0.2, 0.25) is 0 Å². The Morgan fingerprint density at radius 2 is 2.00 bits per heavy atom. The van der Waals surface area contributed by atoms with E-state index in [-0.39, 0.29) is 23.7 Å². The lowest BCUT2D eigenvalue weighted by Crippen LogP contribution is -2.28. The van der Waals surface area contributed by atoms with Gasteiger partial charge in [0.05, 0.1) is 11.5 Å². The molecule has 0 spiro atoms. The zero-order valence-corrected chi connectivity index (χ0v) is 13.0. The lowest BCUT2D eigenvalue weighted by atomic mass is 10.2. The minimum absolute atomic E-state index is 0.163. The first kappa shape index (κ1) is 17.4. The molecule has 0 aliphatic carbocycles. The maximum atomic E-state index is 11.7. The number of nitro groups is 1. The van der Waals surface area contributed by atoms with Crippen LogP contribution in [-0.4, -0.2) is 44.4 Å². The number of para-hydroxylation sites is 1. The second kappa shape index (κ2) is 7.37. The highest BCUT2D eigenvalue weighted by atomic mass is 32.2. The van der Waals surface area contributed by atoms with Gasteiger partial charge in [-0.1, -0.05) is 19.4 Å². The summed E-state index contributed by atoms with van der Waals surface area (Å²) in [5, 5.41) is 20.4. The third-order valence-electron chi connectivity index (χ3n) is 3.05. The van der Waals surface area contributed by atoms with Crippen LogP contribution >= 0.6 is 0 Å². The van der Waals surface area contributed by atoms with Gasteiger partial charge >= 0.3 is 5.69 Å². The predicted molar refractivity (Wildman–Crippen MR) is 80.4 cm³/mol. The van der Waals surface area contributed by atoms with E-state index in [4.69, 9.17) is 5.11 Å². The minimum Gasteiger partial charge on any atom is -0.395 e. The molecular weight excluding hydrogens is 296 g/mol. The number of hydrogen-bond donors (Lipinski definition) is 1. The van der Waals surface area contributed by atoms with E-state index in [1.54, 1.807) is 4.90 Å². The van der Waals surface area contributed by atoms with Gasteiger partial charge in [-0.3, -0.25) is 10.1 Å². The topological polar surface area (TPSA) is 101 Å². The van der Waals surface area contributed by atoms with Gasteiger partial charge in [0, 0.05) is 19.3 Å². The molecule has 0 fully saturated rings. The fourth-order valence-corrected chi connectivity index (χ4v) is 2.93. The van der Waals surface area contributed by atoms with Crippen LogP contribution < -0.4 is 4.90 Å². The molecule has 1 aromatic carbocycles. The Morgan fingerprint density at radius 1 is 1.33 bits per heavy atom. The highest BCUT2D eigenvalue weighted by Gasteiger charge is 2.28. The van der Waals surface area contributed by atoms with Crippen molar-refractivity contribution in [2.45, 2.75) is 24.7 Å². The molecule has 0 aliphatic rings. The van der Waals surface area contributed by atoms with Crippen molar-refractivity contribution in [3.63, 3.8) is 0 Å². The van der Waals surface area contributed by atoms with Gasteiger partial charge in [0.25, 0.3) is 0 Å². The molecule has 0 atom stereocenters. The van der Waals surface area contributed by atoms with Crippen LogP contribution in [0, 0.1) is 10.1 Å². The van der Waals surface area contributed by atoms with Crippen LogP contribution in [-0.2, 0) is 9.84 Å². The van der Waals surface area contributed by atoms with Crippen LogP contribution in [0.4, 0.5) is 11.4 Å². The predicted octanol–water partition coefficient (Wildman–Crippen LogP) is 1.60. The van der Waals surface area contributed by atoms with Gasteiger partial charge in [-0.2, -0.15) is 0 Å². The number of benzene rings is 1. The molecule has 0 aromatic heterocycles. The summed E-state index contributed by atoms with van der Waals surface area (Å²) in [7, 11) is -3.70. The van der Waals surface area contributed by atoms with Crippen molar-refractivity contribution in [2.75, 3.05) is 30.9 Å². The highest BCUT2D eigenvalue weighted by Crippen LogP contribution is 2.34. The number of anilines is 1. The normalized spacial score (nSPS) is 11.4. The first-order valence-corrected chi connectivity index (χ1v) is 8.55. The summed E-state index contributed by atoms with van der Waals surface area (Å²) < 4.78 is 23.5. The van der Waals surface area contributed by atoms with E-state index in [2.05, 4.69) is 0 Å². The second-order valence-corrected chi connectivity index (χ2v) is 6.70. The van der Waals surface area contributed by atoms with Crippen molar-refractivity contribution in [2.24, 2.45) is 0 Å². The summed E-state index contributed by atoms with van der Waals surface area (Å²) in [6.07, 6.45) is 2.63. The quantitative estimate of drug-likeness (QED) is 0.577. The molecule has 0 saturated heterocycles. The summed E-state index contributed by atoms with van der Waals surface area (Å²) >= 11 is 0. The van der Waals surface area contributed by atoms with Crippen LogP contribution in [0.3, 0.4) is 0 Å². The molecule has 118 valence electrons. The molecule has 8 heteroatoms. The maximum absolute atomic E-state index is 11.7. The van der Waals surface area contributed by atoms with Crippen LogP contribution in [0.25, 0.3) is 0 Å². The molecule has 1 N–H and O–H groups in total. The van der Waals surface area contributed by atoms with Gasteiger partial charge < -0.3 is 10.0 Å². The summed E-state index contributed by atoms with van der Waals surface area (Å²) in [4.78, 5) is 12.0. The van der Waals surface area contributed by atoms with Gasteiger partial charge in [0.15, 0.2) is 9.84 Å². The standard InChI is InChI=1S/C13H20N2O5S/c1-3-4-8-14(9-10-16)11-6-5-7-12(21(2,19)20)13(11)15(17)18/h5-7,16H,3-4,8-10H2,1-2H3. The van der Waals surface area contributed by atoms with Crippen LogP contribution in [0.5, 0.6) is 0 Å². The van der Waals surface area contributed by atoms with Crippen molar-refractivity contribution < 1.29 is 18.4 Å². The lowest BCUT2D eigenvalue weighted by Gasteiger charge is -2.24. The number of aliphatic hydroxyl groups is 1. The first-order valence-electron chi connectivity index (χ1n) is 6.66. The molecule has 0 saturated carbocycles. The first-order chi connectivity index (χ1) is 9.82. The molecule has 1 aromatic rings. The van der Waals surface area contributed by atoms with Crippen molar-refractivity contribution in [3.05, 3.63) is 28.3 Å². The summed E-state index contributed by atoms with van der Waals surface area (Å²) in [6.45, 7) is 2.56. The molecule has 0 heterocycles. The van der Waals surface area contributed by atoms with E-state index in [9.17, 15) is 18.5 Å². The van der Waals surface area contributed by atoms with Gasteiger partial charge in [0.1, 0.15) is 10.6 Å². The average Bonchev–Trinajstić information content (AvgIpc) is 2.41. The Labute approximate surface area is 124 Å². The largest absolute Gasteiger partial charge is 0.395 e. The number of unbranched alkanes of at least 4 members (excludes halogenated alkanes) is 1. The van der Waals surface area contributed by atoms with E-state index in [0.717, 1.165) is 19.1 Å². The summed E-state index contributed by atoms with van der Waals surface area (Å²) in [5.41, 5.74) is -0.199. The second-order valence-electron chi connectivity index (χ2n) is 4.72. The zero-order valence-electron chi connectivity index (χ0n) is 12.2. The zero-order chi connectivity index (χ0) is 16.0. The van der Waals surface area contributed by atoms with Crippen molar-refractivity contribution in [1.82, 2.24) is 0 Å². The molecule has 1 rings (SSSR count). The fraction of sp³-hybridized carbons (Fsp3) is 0.538. The van der Waals surface area contributed by atoms with Gasteiger partial charge in [0.2, 0.25) is 0 Å². The van der Waals surface area contributed by atoms with Crippen molar-refractivity contribution >= 4 is 21.2 Å². The lowest BCUT2D eigenvalue weighted by molar-refractivity contribution is -0.387. The Kier molecular flexibility index (Phi) is 6.10. The molecule has 7 nitrogen and oxygen atoms in total. The van der Waals surface area contributed by atoms with E-state index in [0.29, 0.717) is 6.54 Å². The van der Waals surface area contributed by atoms with Crippen molar-refractivity contribution in [3.8, 4) is 0 Å². The number of nitro benzene ring substituents is 1. The number of aliphatic hydroxyl groups excluding tert-OH is 1. The minimum atomic E-state index is -3.70. The molecule has 21 heavy (non-hydrogen) atoms.